The SMILES string of the molecule is COC(=O)c1cc(OC)c2c(c1)[C@@H](CO)[C@H](c1ccc(O)c(OC)c1)O2. The van der Waals surface area contributed by atoms with Gasteiger partial charge in [-0.25, -0.2) is 4.79 Å². The molecular weight excluding hydrogens is 340 g/mol. The number of hydrogen-bond acceptors (Lipinski definition) is 7. The number of phenolic OH excluding ortho intramolecular Hbond substituents is 1. The second-order valence-electron chi connectivity index (χ2n) is 5.85. The molecule has 2 aromatic rings. The molecule has 0 bridgehead atoms. The fourth-order valence-electron chi connectivity index (χ4n) is 3.15. The number of methoxy groups -OCH3 is 3. The summed E-state index contributed by atoms with van der Waals surface area (Å²) in [6.07, 6.45) is -0.522. The first-order valence-corrected chi connectivity index (χ1v) is 7.98. The predicted octanol–water partition coefficient (Wildman–Crippen LogP) is 2.41. The highest BCUT2D eigenvalue weighted by atomic mass is 16.5. The number of carbonyl (C=O) groups excluding carboxylic acids is 1. The van der Waals surface area contributed by atoms with Crippen LogP contribution in [0.4, 0.5) is 0 Å². The van der Waals surface area contributed by atoms with Crippen LogP contribution in [0.2, 0.25) is 0 Å². The second kappa shape index (κ2) is 7.13. The van der Waals surface area contributed by atoms with Gasteiger partial charge in [-0.3, -0.25) is 0 Å². The Morgan fingerprint density at radius 1 is 1.12 bits per heavy atom. The van der Waals surface area contributed by atoms with Gasteiger partial charge in [0, 0.05) is 5.56 Å². The van der Waals surface area contributed by atoms with Crippen LogP contribution in [0.1, 0.15) is 33.5 Å². The first-order chi connectivity index (χ1) is 12.5. The standard InChI is InChI=1S/C19H20O7/c1-23-15-7-10(4-5-14(15)21)17-13(9-20)12-6-11(19(22)25-3)8-16(24-2)18(12)26-17/h4-8,13,17,20-21H,9H2,1-3H3/t13-,17+/m1/s1. The van der Waals surface area contributed by atoms with E-state index in [1.807, 2.05) is 0 Å². The van der Waals surface area contributed by atoms with E-state index >= 15 is 0 Å². The van der Waals surface area contributed by atoms with Crippen molar-refractivity contribution in [3.05, 3.63) is 47.0 Å². The van der Waals surface area contributed by atoms with Gasteiger partial charge >= 0.3 is 5.97 Å². The summed E-state index contributed by atoms with van der Waals surface area (Å²) in [5.74, 6) is 0.250. The lowest BCUT2D eigenvalue weighted by molar-refractivity contribution is 0.0600. The van der Waals surface area contributed by atoms with Gasteiger partial charge in [-0.2, -0.15) is 0 Å². The van der Waals surface area contributed by atoms with Gasteiger partial charge in [-0.15, -0.1) is 0 Å². The maximum absolute atomic E-state index is 11.9. The number of fused-ring (bicyclic) bond motifs is 1. The zero-order valence-corrected chi connectivity index (χ0v) is 14.7. The zero-order valence-electron chi connectivity index (χ0n) is 14.7. The number of hydrogen-bond donors (Lipinski definition) is 2. The molecule has 0 aliphatic carbocycles. The van der Waals surface area contributed by atoms with Crippen LogP contribution in [-0.2, 0) is 4.74 Å². The molecule has 1 aliphatic rings. The molecule has 0 spiro atoms. The number of phenols is 1. The number of aliphatic hydroxyl groups is 1. The van der Waals surface area contributed by atoms with Crippen molar-refractivity contribution in [2.75, 3.05) is 27.9 Å². The summed E-state index contributed by atoms with van der Waals surface area (Å²) in [5.41, 5.74) is 1.69. The van der Waals surface area contributed by atoms with E-state index in [2.05, 4.69) is 0 Å². The van der Waals surface area contributed by atoms with Crippen LogP contribution in [0.25, 0.3) is 0 Å². The Kier molecular flexibility index (Phi) is 4.90. The first kappa shape index (κ1) is 17.9. The van der Waals surface area contributed by atoms with Gasteiger partial charge in [0.05, 0.1) is 39.4 Å². The molecule has 7 heteroatoms. The fraction of sp³-hybridized carbons (Fsp3) is 0.316. The van der Waals surface area contributed by atoms with E-state index in [4.69, 9.17) is 18.9 Å². The van der Waals surface area contributed by atoms with Crippen molar-refractivity contribution in [1.29, 1.82) is 0 Å². The highest BCUT2D eigenvalue weighted by molar-refractivity contribution is 5.90. The van der Waals surface area contributed by atoms with Crippen molar-refractivity contribution in [2.24, 2.45) is 0 Å². The van der Waals surface area contributed by atoms with Crippen LogP contribution >= 0.6 is 0 Å². The maximum atomic E-state index is 11.9. The lowest BCUT2D eigenvalue weighted by atomic mass is 9.90. The molecule has 2 atom stereocenters. The molecular formula is C19H20O7. The van der Waals surface area contributed by atoms with Gasteiger partial charge in [0.1, 0.15) is 6.10 Å². The highest BCUT2D eigenvalue weighted by Crippen LogP contribution is 2.51. The number of aliphatic hydroxyl groups excluding tert-OH is 1. The van der Waals surface area contributed by atoms with Gasteiger partial charge < -0.3 is 29.2 Å². The molecule has 1 heterocycles. The minimum Gasteiger partial charge on any atom is -0.504 e. The van der Waals surface area contributed by atoms with Gasteiger partial charge in [-0.05, 0) is 29.8 Å². The molecule has 26 heavy (non-hydrogen) atoms. The average molecular weight is 360 g/mol. The summed E-state index contributed by atoms with van der Waals surface area (Å²) in [7, 11) is 4.23. The molecule has 0 fully saturated rings. The van der Waals surface area contributed by atoms with Gasteiger partial charge in [-0.1, -0.05) is 6.07 Å². The third-order valence-electron chi connectivity index (χ3n) is 4.46. The molecule has 0 saturated carbocycles. The van der Waals surface area contributed by atoms with Crippen LogP contribution in [0.3, 0.4) is 0 Å². The van der Waals surface area contributed by atoms with Gasteiger partial charge in [0.15, 0.2) is 23.0 Å². The van der Waals surface area contributed by atoms with Crippen molar-refractivity contribution < 1.29 is 34.0 Å². The fourth-order valence-corrected chi connectivity index (χ4v) is 3.15. The van der Waals surface area contributed by atoms with E-state index in [1.54, 1.807) is 24.3 Å². The molecule has 0 unspecified atom stereocenters. The number of ether oxygens (including phenoxy) is 4. The van der Waals surface area contributed by atoms with Crippen molar-refractivity contribution in [1.82, 2.24) is 0 Å². The Morgan fingerprint density at radius 2 is 1.85 bits per heavy atom. The number of aromatic hydroxyl groups is 1. The normalized spacial score (nSPS) is 18.0. The Balaban J connectivity index is 2.07. The van der Waals surface area contributed by atoms with Crippen LogP contribution < -0.4 is 14.2 Å². The molecule has 2 aromatic carbocycles. The first-order valence-electron chi connectivity index (χ1n) is 7.98. The van der Waals surface area contributed by atoms with Crippen molar-refractivity contribution >= 4 is 5.97 Å². The summed E-state index contributed by atoms with van der Waals surface area (Å²) < 4.78 is 21.3. The lowest BCUT2D eigenvalue weighted by Gasteiger charge is -2.18. The molecule has 0 saturated heterocycles. The minimum absolute atomic E-state index is 0.0119. The van der Waals surface area contributed by atoms with Crippen LogP contribution in [-0.4, -0.2) is 44.1 Å². The molecule has 0 aromatic heterocycles. The molecule has 3 rings (SSSR count). The van der Waals surface area contributed by atoms with Crippen LogP contribution in [0.5, 0.6) is 23.0 Å². The monoisotopic (exact) mass is 360 g/mol. The quantitative estimate of drug-likeness (QED) is 0.791. The number of benzene rings is 2. The van der Waals surface area contributed by atoms with Gasteiger partial charge in [0.2, 0.25) is 0 Å². The Labute approximate surface area is 150 Å². The number of carbonyl (C=O) groups is 1. The Morgan fingerprint density at radius 3 is 2.46 bits per heavy atom. The Bertz CT molecular complexity index is 831. The van der Waals surface area contributed by atoms with Crippen LogP contribution in [0, 0.1) is 0 Å². The van der Waals surface area contributed by atoms with E-state index in [0.717, 1.165) is 5.56 Å². The topological polar surface area (TPSA) is 94.5 Å². The molecule has 0 amide bonds. The van der Waals surface area contributed by atoms with E-state index in [0.29, 0.717) is 28.4 Å². The molecule has 0 radical (unpaired) electrons. The molecule has 1 aliphatic heterocycles. The maximum Gasteiger partial charge on any atom is 0.337 e. The van der Waals surface area contributed by atoms with Crippen molar-refractivity contribution in [3.63, 3.8) is 0 Å². The summed E-state index contributed by atoms with van der Waals surface area (Å²) in [5, 5.41) is 19.8. The third-order valence-corrected chi connectivity index (χ3v) is 4.46. The largest absolute Gasteiger partial charge is 0.504 e. The predicted molar refractivity (Wildman–Crippen MR) is 92.2 cm³/mol. The smallest absolute Gasteiger partial charge is 0.337 e. The van der Waals surface area contributed by atoms with E-state index in [-0.39, 0.29) is 12.4 Å². The summed E-state index contributed by atoms with van der Waals surface area (Å²) in [4.78, 5) is 11.9. The average Bonchev–Trinajstić information content (AvgIpc) is 3.05. The van der Waals surface area contributed by atoms with E-state index in [1.165, 1.54) is 27.4 Å². The second-order valence-corrected chi connectivity index (χ2v) is 5.85. The number of rotatable bonds is 5. The minimum atomic E-state index is -0.522. The van der Waals surface area contributed by atoms with Crippen molar-refractivity contribution in [3.8, 4) is 23.0 Å². The molecule has 2 N–H and O–H groups in total. The lowest BCUT2D eigenvalue weighted by Crippen LogP contribution is -2.13. The third kappa shape index (κ3) is 2.90. The summed E-state index contributed by atoms with van der Waals surface area (Å²) in [6, 6.07) is 8.04. The zero-order chi connectivity index (χ0) is 18.8. The highest BCUT2D eigenvalue weighted by Gasteiger charge is 2.38. The van der Waals surface area contributed by atoms with Gasteiger partial charge in [0.25, 0.3) is 0 Å². The van der Waals surface area contributed by atoms with Crippen LogP contribution in [0.15, 0.2) is 30.3 Å². The summed E-state index contributed by atoms with van der Waals surface area (Å²) >= 11 is 0. The van der Waals surface area contributed by atoms with Crippen molar-refractivity contribution in [2.45, 2.75) is 12.0 Å². The molecule has 7 nitrogen and oxygen atoms in total. The van der Waals surface area contributed by atoms with E-state index in [9.17, 15) is 15.0 Å². The summed E-state index contributed by atoms with van der Waals surface area (Å²) in [6.45, 7) is -0.200. The number of esters is 1. The Hall–Kier alpha value is -2.93. The van der Waals surface area contributed by atoms with E-state index < -0.39 is 18.0 Å². The molecule has 138 valence electrons.